The van der Waals surface area contributed by atoms with Crippen molar-refractivity contribution in [2.45, 2.75) is 69.8 Å². The van der Waals surface area contributed by atoms with Crippen molar-refractivity contribution in [2.24, 2.45) is 5.41 Å². The van der Waals surface area contributed by atoms with Gasteiger partial charge in [-0.25, -0.2) is 9.07 Å². The van der Waals surface area contributed by atoms with Crippen molar-refractivity contribution >= 4 is 23.5 Å². The van der Waals surface area contributed by atoms with Crippen LogP contribution in [0.25, 0.3) is 0 Å². The first-order valence-electron chi connectivity index (χ1n) is 12.0. The van der Waals surface area contributed by atoms with Crippen molar-refractivity contribution in [3.8, 4) is 0 Å². The third-order valence-corrected chi connectivity index (χ3v) is 7.61. The Hall–Kier alpha value is -2.93. The number of carbonyl (C=O) groups excluding carboxylic acids is 1. The van der Waals surface area contributed by atoms with Gasteiger partial charge in [0, 0.05) is 23.4 Å². The van der Waals surface area contributed by atoms with E-state index < -0.39 is 0 Å². The molecular weight excluding hydrogens is 459 g/mol. The highest BCUT2D eigenvalue weighted by molar-refractivity contribution is 7.98. The Kier molecular flexibility index (Phi) is 5.86. The number of fused-ring (bicyclic) bond motifs is 1. The monoisotopic (exact) mass is 490 g/mol. The number of carbonyl (C=O) groups is 1. The second-order valence-electron chi connectivity index (χ2n) is 11.3. The van der Waals surface area contributed by atoms with Crippen molar-refractivity contribution in [1.82, 2.24) is 14.8 Å². The van der Waals surface area contributed by atoms with Crippen molar-refractivity contribution in [3.05, 3.63) is 82.3 Å². The number of hydrogen-bond acceptors (Lipinski definition) is 5. The minimum Gasteiger partial charge on any atom is -0.328 e. The lowest BCUT2D eigenvalue weighted by atomic mass is 9.73. The third kappa shape index (κ3) is 4.66. The Labute approximate surface area is 210 Å². The van der Waals surface area contributed by atoms with Gasteiger partial charge in [0.15, 0.2) is 5.78 Å². The van der Waals surface area contributed by atoms with Crippen LogP contribution in [0.2, 0.25) is 0 Å². The van der Waals surface area contributed by atoms with E-state index in [0.29, 0.717) is 28.8 Å². The molecule has 7 heteroatoms. The van der Waals surface area contributed by atoms with Gasteiger partial charge in [0.05, 0.1) is 0 Å². The van der Waals surface area contributed by atoms with E-state index in [9.17, 15) is 9.18 Å². The molecule has 0 bridgehead atoms. The van der Waals surface area contributed by atoms with Gasteiger partial charge in [-0.1, -0.05) is 88.8 Å². The maximum atomic E-state index is 14.1. The number of nitrogens with zero attached hydrogens (tertiary/aromatic N) is 3. The highest BCUT2D eigenvalue weighted by Crippen LogP contribution is 2.46. The fourth-order valence-electron chi connectivity index (χ4n) is 4.88. The molecule has 35 heavy (non-hydrogen) atoms. The van der Waals surface area contributed by atoms with Crippen molar-refractivity contribution in [2.75, 3.05) is 5.32 Å². The fraction of sp³-hybridized carbons (Fsp3) is 0.393. The average Bonchev–Trinajstić information content (AvgIpc) is 3.18. The van der Waals surface area contributed by atoms with Gasteiger partial charge in [-0.3, -0.25) is 4.79 Å². The first-order chi connectivity index (χ1) is 16.5. The topological polar surface area (TPSA) is 59.8 Å². The molecule has 0 saturated heterocycles. The summed E-state index contributed by atoms with van der Waals surface area (Å²) >= 11 is 1.39. The van der Waals surface area contributed by atoms with Crippen molar-refractivity contribution < 1.29 is 9.18 Å². The van der Waals surface area contributed by atoms with E-state index in [0.717, 1.165) is 23.3 Å². The second kappa shape index (κ2) is 8.63. The molecule has 2 heterocycles. The summed E-state index contributed by atoms with van der Waals surface area (Å²) in [6.45, 7) is 10.8. The predicted molar refractivity (Wildman–Crippen MR) is 138 cm³/mol. The molecule has 0 fully saturated rings. The van der Waals surface area contributed by atoms with Crippen LogP contribution >= 0.6 is 11.8 Å². The number of rotatable bonds is 4. The fourth-order valence-corrected chi connectivity index (χ4v) is 5.70. The van der Waals surface area contributed by atoms with Crippen LogP contribution in [0, 0.1) is 11.2 Å². The van der Waals surface area contributed by atoms with E-state index >= 15 is 0 Å². The molecule has 5 rings (SSSR count). The van der Waals surface area contributed by atoms with Gasteiger partial charge >= 0.3 is 0 Å². The van der Waals surface area contributed by atoms with Crippen molar-refractivity contribution in [3.63, 3.8) is 0 Å². The van der Waals surface area contributed by atoms with Crippen LogP contribution in [0.1, 0.15) is 70.2 Å². The summed E-state index contributed by atoms with van der Waals surface area (Å²) in [7, 11) is 0. The van der Waals surface area contributed by atoms with Crippen molar-refractivity contribution in [1.29, 1.82) is 0 Å². The maximum Gasteiger partial charge on any atom is 0.227 e. The Bertz CT molecular complexity index is 1320. The molecule has 1 aromatic heterocycles. The average molecular weight is 491 g/mol. The zero-order valence-corrected chi connectivity index (χ0v) is 21.7. The van der Waals surface area contributed by atoms with E-state index in [1.165, 1.54) is 23.4 Å². The van der Waals surface area contributed by atoms with E-state index in [1.54, 1.807) is 12.1 Å². The Morgan fingerprint density at radius 2 is 1.83 bits per heavy atom. The summed E-state index contributed by atoms with van der Waals surface area (Å²) in [6.07, 6.45) is 1.28. The first-order valence-corrected chi connectivity index (χ1v) is 13.0. The predicted octanol–water partition coefficient (Wildman–Crippen LogP) is 6.67. The number of hydrogen-bond donors (Lipinski definition) is 1. The minimum atomic E-state index is -0.339. The van der Waals surface area contributed by atoms with Crippen LogP contribution in [-0.2, 0) is 16.0 Å². The molecule has 0 amide bonds. The van der Waals surface area contributed by atoms with Crippen LogP contribution < -0.4 is 5.32 Å². The summed E-state index contributed by atoms with van der Waals surface area (Å²) in [4.78, 5) is 18.1. The molecule has 5 nitrogen and oxygen atoms in total. The maximum absolute atomic E-state index is 14.1. The van der Waals surface area contributed by atoms with Crippen LogP contribution in [0.4, 0.5) is 10.3 Å². The van der Waals surface area contributed by atoms with Gasteiger partial charge in [-0.2, -0.15) is 4.98 Å². The van der Waals surface area contributed by atoms with Gasteiger partial charge in [0.1, 0.15) is 11.9 Å². The van der Waals surface area contributed by atoms with Gasteiger partial charge in [0.2, 0.25) is 11.1 Å². The molecule has 2 aliphatic rings. The Morgan fingerprint density at radius 3 is 2.51 bits per heavy atom. The second-order valence-corrected chi connectivity index (χ2v) is 12.2. The molecule has 3 aromatic rings. The molecule has 0 spiro atoms. The number of anilines is 1. The van der Waals surface area contributed by atoms with Gasteiger partial charge in [-0.05, 0) is 40.0 Å². The Balaban J connectivity index is 1.54. The molecule has 1 aliphatic heterocycles. The standard InChI is InChI=1S/C28H31FN4OS/c1-27(2,3)19-12-10-17(11-13-19)24-23-21(14-28(4,5)15-22(23)34)30-25-31-26(32-33(24)25)35-16-18-8-6-7-9-20(18)29/h6-13,24H,14-16H2,1-5H3,(H,30,31,32). The number of nitrogens with one attached hydrogen (secondary N) is 1. The largest absolute Gasteiger partial charge is 0.328 e. The van der Waals surface area contributed by atoms with E-state index in [-0.39, 0.29) is 28.5 Å². The number of allylic oxidation sites excluding steroid dienone is 2. The van der Waals surface area contributed by atoms with Gasteiger partial charge in [-0.15, -0.1) is 5.10 Å². The number of benzene rings is 2. The smallest absolute Gasteiger partial charge is 0.227 e. The van der Waals surface area contributed by atoms with Gasteiger partial charge < -0.3 is 5.32 Å². The van der Waals surface area contributed by atoms with Crippen LogP contribution in [0.3, 0.4) is 0 Å². The molecule has 0 radical (unpaired) electrons. The van der Waals surface area contributed by atoms with Crippen LogP contribution in [0.15, 0.2) is 65.0 Å². The third-order valence-electron chi connectivity index (χ3n) is 6.72. The molecule has 1 N–H and O–H groups in total. The van der Waals surface area contributed by atoms with E-state index in [2.05, 4.69) is 64.2 Å². The molecule has 182 valence electrons. The van der Waals surface area contributed by atoms with Crippen LogP contribution in [0.5, 0.6) is 0 Å². The summed E-state index contributed by atoms with van der Waals surface area (Å²) in [5.74, 6) is 0.967. The first kappa shape index (κ1) is 23.8. The number of Topliss-reactive ketones (excluding diaryl/α,β-unsaturated/α-hetero) is 1. The van der Waals surface area contributed by atoms with Crippen LogP contribution in [-0.4, -0.2) is 20.5 Å². The summed E-state index contributed by atoms with van der Waals surface area (Å²) in [5, 5.41) is 8.75. The van der Waals surface area contributed by atoms with E-state index in [1.807, 2.05) is 10.7 Å². The summed E-state index contributed by atoms with van der Waals surface area (Å²) < 4.78 is 15.9. The highest BCUT2D eigenvalue weighted by atomic mass is 32.2. The highest BCUT2D eigenvalue weighted by Gasteiger charge is 2.42. The lowest BCUT2D eigenvalue weighted by Crippen LogP contribution is -2.36. The SMILES string of the molecule is CC1(C)CC(=O)C2=C(C1)Nc1nc(SCc3ccccc3F)nn1C2c1ccc(C(C)(C)C)cc1. The zero-order valence-electron chi connectivity index (χ0n) is 20.9. The Morgan fingerprint density at radius 1 is 1.11 bits per heavy atom. The van der Waals surface area contributed by atoms with E-state index in [4.69, 9.17) is 10.1 Å². The molecular formula is C28H31FN4OS. The zero-order chi connectivity index (χ0) is 25.0. The number of ketones is 1. The number of thioether (sulfide) groups is 1. The summed E-state index contributed by atoms with van der Waals surface area (Å²) in [6, 6.07) is 14.9. The molecule has 1 atom stereocenters. The minimum absolute atomic E-state index is 0.0384. The number of halogens is 1. The van der Waals surface area contributed by atoms with Gasteiger partial charge in [0.25, 0.3) is 0 Å². The quantitative estimate of drug-likeness (QED) is 0.414. The normalized spacial score (nSPS) is 19.3. The molecule has 2 aromatic carbocycles. The number of aromatic nitrogens is 3. The lowest BCUT2D eigenvalue weighted by molar-refractivity contribution is -0.118. The lowest BCUT2D eigenvalue weighted by Gasteiger charge is -2.38. The molecule has 0 saturated carbocycles. The molecule has 1 unspecified atom stereocenters. The molecule has 1 aliphatic carbocycles. The summed E-state index contributed by atoms with van der Waals surface area (Å²) in [5.41, 5.74) is 4.49.